The minimum atomic E-state index is 0.187. The second kappa shape index (κ2) is 7.21. The SMILES string of the molecule is Cc1cc(C(=O)N2CC[NH+](Cc3ccc(C#N)cc3)CC2)c(C)n1C1CC1. The monoisotopic (exact) mass is 363 g/mol. The number of carbonyl (C=O) groups is 1. The normalized spacial score (nSPS) is 17.7. The van der Waals surface area contributed by atoms with Gasteiger partial charge >= 0.3 is 0 Å². The number of carbonyl (C=O) groups excluding carboxylic acids is 1. The molecule has 1 N–H and O–H groups in total. The van der Waals surface area contributed by atoms with Gasteiger partial charge in [0.1, 0.15) is 6.54 Å². The van der Waals surface area contributed by atoms with Crippen molar-refractivity contribution in [3.05, 3.63) is 58.4 Å². The molecular weight excluding hydrogens is 336 g/mol. The van der Waals surface area contributed by atoms with E-state index in [2.05, 4.69) is 30.6 Å². The van der Waals surface area contributed by atoms with Crippen LogP contribution in [0.15, 0.2) is 30.3 Å². The molecular formula is C22H27N4O+. The predicted molar refractivity (Wildman–Crippen MR) is 104 cm³/mol. The zero-order valence-corrected chi connectivity index (χ0v) is 16.2. The summed E-state index contributed by atoms with van der Waals surface area (Å²) in [5, 5.41) is 8.90. The molecule has 5 heteroatoms. The summed E-state index contributed by atoms with van der Waals surface area (Å²) in [6, 6.07) is 12.7. The number of quaternary nitrogens is 1. The second-order valence-electron chi connectivity index (χ2n) is 7.91. The van der Waals surface area contributed by atoms with E-state index in [0.29, 0.717) is 11.6 Å². The largest absolute Gasteiger partial charge is 0.345 e. The Morgan fingerprint density at radius 2 is 1.85 bits per heavy atom. The van der Waals surface area contributed by atoms with E-state index in [1.165, 1.54) is 29.0 Å². The quantitative estimate of drug-likeness (QED) is 0.901. The van der Waals surface area contributed by atoms with Gasteiger partial charge in [0.05, 0.1) is 43.4 Å². The summed E-state index contributed by atoms with van der Waals surface area (Å²) in [6.45, 7) is 8.69. The van der Waals surface area contributed by atoms with E-state index < -0.39 is 0 Å². The van der Waals surface area contributed by atoms with Crippen LogP contribution in [-0.2, 0) is 6.54 Å². The zero-order valence-electron chi connectivity index (χ0n) is 16.2. The first-order chi connectivity index (χ1) is 13.1. The molecule has 4 rings (SSSR count). The maximum atomic E-state index is 13.0. The fourth-order valence-corrected chi connectivity index (χ4v) is 4.25. The van der Waals surface area contributed by atoms with E-state index in [1.807, 2.05) is 29.2 Å². The molecule has 0 spiro atoms. The summed E-state index contributed by atoms with van der Waals surface area (Å²) >= 11 is 0. The van der Waals surface area contributed by atoms with Gasteiger partial charge in [0.25, 0.3) is 5.91 Å². The average Bonchev–Trinajstić information content (AvgIpc) is 3.47. The predicted octanol–water partition coefficient (Wildman–Crippen LogP) is 1.85. The fraction of sp³-hybridized carbons (Fsp3) is 0.455. The van der Waals surface area contributed by atoms with Gasteiger partial charge in [0.2, 0.25) is 0 Å². The van der Waals surface area contributed by atoms with E-state index in [0.717, 1.165) is 44.0 Å². The number of hydrogen-bond acceptors (Lipinski definition) is 2. The lowest BCUT2D eigenvalue weighted by Crippen LogP contribution is -3.13. The molecule has 1 aromatic carbocycles. The number of aryl methyl sites for hydroxylation is 1. The lowest BCUT2D eigenvalue weighted by atomic mass is 10.1. The zero-order chi connectivity index (χ0) is 19.0. The Morgan fingerprint density at radius 1 is 1.19 bits per heavy atom. The molecule has 5 nitrogen and oxygen atoms in total. The van der Waals surface area contributed by atoms with Crippen molar-refractivity contribution in [3.63, 3.8) is 0 Å². The van der Waals surface area contributed by atoms with Gasteiger partial charge in [-0.2, -0.15) is 5.26 Å². The van der Waals surface area contributed by atoms with Gasteiger partial charge < -0.3 is 14.4 Å². The van der Waals surface area contributed by atoms with Crippen LogP contribution in [0.3, 0.4) is 0 Å². The van der Waals surface area contributed by atoms with Crippen molar-refractivity contribution < 1.29 is 9.69 Å². The highest BCUT2D eigenvalue weighted by atomic mass is 16.2. The summed E-state index contributed by atoms with van der Waals surface area (Å²) in [6.07, 6.45) is 2.47. The van der Waals surface area contributed by atoms with Crippen LogP contribution < -0.4 is 4.90 Å². The maximum Gasteiger partial charge on any atom is 0.256 e. The van der Waals surface area contributed by atoms with Crippen molar-refractivity contribution in [2.24, 2.45) is 0 Å². The summed E-state index contributed by atoms with van der Waals surface area (Å²) in [5.41, 5.74) is 5.18. The standard InChI is InChI=1S/C22H26N4O/c1-16-13-21(17(2)26(16)20-7-8-20)22(27)25-11-9-24(10-12-25)15-19-5-3-18(14-23)4-6-19/h3-6,13,20H,7-12,15H2,1-2H3/p+1. The summed E-state index contributed by atoms with van der Waals surface area (Å²) in [4.78, 5) is 16.5. The van der Waals surface area contributed by atoms with Gasteiger partial charge in [-0.15, -0.1) is 0 Å². The van der Waals surface area contributed by atoms with E-state index in [-0.39, 0.29) is 5.91 Å². The highest BCUT2D eigenvalue weighted by Crippen LogP contribution is 2.38. The van der Waals surface area contributed by atoms with Crippen LogP contribution in [0.2, 0.25) is 0 Å². The Bertz CT molecular complexity index is 878. The molecule has 27 heavy (non-hydrogen) atoms. The molecule has 1 saturated heterocycles. The molecule has 2 aromatic rings. The van der Waals surface area contributed by atoms with E-state index >= 15 is 0 Å². The van der Waals surface area contributed by atoms with Gasteiger partial charge in [0.15, 0.2) is 0 Å². The molecule has 0 atom stereocenters. The van der Waals surface area contributed by atoms with Gasteiger partial charge in [-0.25, -0.2) is 0 Å². The smallest absolute Gasteiger partial charge is 0.256 e. The molecule has 1 saturated carbocycles. The van der Waals surface area contributed by atoms with Crippen LogP contribution in [0.5, 0.6) is 0 Å². The first-order valence-electron chi connectivity index (χ1n) is 9.87. The van der Waals surface area contributed by atoms with Crippen molar-refractivity contribution in [2.45, 2.75) is 39.3 Å². The van der Waals surface area contributed by atoms with Gasteiger partial charge in [-0.1, -0.05) is 12.1 Å². The first kappa shape index (κ1) is 17.8. The number of nitrogens with zero attached hydrogens (tertiary/aromatic N) is 3. The number of nitriles is 1. The first-order valence-corrected chi connectivity index (χ1v) is 9.87. The Kier molecular flexibility index (Phi) is 4.75. The van der Waals surface area contributed by atoms with Gasteiger partial charge in [-0.3, -0.25) is 4.79 Å². The van der Waals surface area contributed by atoms with Gasteiger partial charge in [0, 0.05) is 23.0 Å². The second-order valence-corrected chi connectivity index (χ2v) is 7.91. The minimum Gasteiger partial charge on any atom is -0.345 e. The average molecular weight is 363 g/mol. The lowest BCUT2D eigenvalue weighted by molar-refractivity contribution is -0.917. The minimum absolute atomic E-state index is 0.187. The fourth-order valence-electron chi connectivity index (χ4n) is 4.25. The van der Waals surface area contributed by atoms with Crippen molar-refractivity contribution in [1.29, 1.82) is 5.26 Å². The van der Waals surface area contributed by atoms with E-state index in [1.54, 1.807) is 0 Å². The molecule has 2 aliphatic rings. The summed E-state index contributed by atoms with van der Waals surface area (Å²) < 4.78 is 2.35. The molecule has 2 heterocycles. The number of amides is 1. The number of nitrogens with one attached hydrogen (secondary N) is 1. The van der Waals surface area contributed by atoms with E-state index in [9.17, 15) is 4.79 Å². The van der Waals surface area contributed by atoms with Crippen molar-refractivity contribution in [2.75, 3.05) is 26.2 Å². The molecule has 1 aliphatic heterocycles. The molecule has 0 bridgehead atoms. The van der Waals surface area contributed by atoms with Crippen molar-refractivity contribution in [3.8, 4) is 6.07 Å². The van der Waals surface area contributed by atoms with Crippen molar-refractivity contribution >= 4 is 5.91 Å². The van der Waals surface area contributed by atoms with Crippen molar-refractivity contribution in [1.82, 2.24) is 9.47 Å². The van der Waals surface area contributed by atoms with Crippen LogP contribution >= 0.6 is 0 Å². The number of aromatic nitrogens is 1. The Hall–Kier alpha value is -2.58. The Labute approximate surface area is 160 Å². The third kappa shape index (κ3) is 3.63. The number of piperazine rings is 1. The van der Waals surface area contributed by atoms with E-state index in [4.69, 9.17) is 5.26 Å². The number of rotatable bonds is 4. The van der Waals surface area contributed by atoms with Crippen LogP contribution in [0, 0.1) is 25.2 Å². The Balaban J connectivity index is 1.37. The summed E-state index contributed by atoms with van der Waals surface area (Å²) in [7, 11) is 0. The molecule has 1 aromatic heterocycles. The molecule has 0 unspecified atom stereocenters. The number of benzene rings is 1. The summed E-state index contributed by atoms with van der Waals surface area (Å²) in [5.74, 6) is 0.187. The lowest BCUT2D eigenvalue weighted by Gasteiger charge is -2.32. The maximum absolute atomic E-state index is 13.0. The van der Waals surface area contributed by atoms with Crippen LogP contribution in [0.4, 0.5) is 0 Å². The third-order valence-corrected chi connectivity index (χ3v) is 5.92. The highest BCUT2D eigenvalue weighted by Gasteiger charge is 2.31. The van der Waals surface area contributed by atoms with Crippen LogP contribution in [-0.4, -0.2) is 41.6 Å². The van der Waals surface area contributed by atoms with Crippen LogP contribution in [0.25, 0.3) is 0 Å². The third-order valence-electron chi connectivity index (χ3n) is 5.92. The Morgan fingerprint density at radius 3 is 2.44 bits per heavy atom. The van der Waals surface area contributed by atoms with Gasteiger partial charge in [-0.05, 0) is 44.9 Å². The molecule has 0 radical (unpaired) electrons. The van der Waals surface area contributed by atoms with Crippen LogP contribution in [0.1, 0.15) is 51.8 Å². The number of hydrogen-bond donors (Lipinski definition) is 1. The molecule has 1 aliphatic carbocycles. The topological polar surface area (TPSA) is 53.5 Å². The molecule has 140 valence electrons. The molecule has 2 fully saturated rings. The highest BCUT2D eigenvalue weighted by molar-refractivity contribution is 5.95. The molecule has 1 amide bonds.